The molecule has 0 radical (unpaired) electrons. The van der Waals surface area contributed by atoms with E-state index in [9.17, 15) is 0 Å². The van der Waals surface area contributed by atoms with E-state index in [1.165, 1.54) is 0 Å². The molecule has 0 bridgehead atoms. The van der Waals surface area contributed by atoms with Crippen molar-refractivity contribution in [1.29, 1.82) is 0 Å². The Morgan fingerprint density at radius 3 is 3.06 bits per heavy atom. The van der Waals surface area contributed by atoms with Gasteiger partial charge in [-0.2, -0.15) is 0 Å². The Labute approximate surface area is 102 Å². The molecule has 1 atom stereocenters. The summed E-state index contributed by atoms with van der Waals surface area (Å²) < 4.78 is 5.70. The van der Waals surface area contributed by atoms with Gasteiger partial charge in [0.05, 0.1) is 30.3 Å². The Kier molecular flexibility index (Phi) is 3.68. The van der Waals surface area contributed by atoms with Gasteiger partial charge in [-0.25, -0.2) is 4.98 Å². The number of morpholine rings is 1. The van der Waals surface area contributed by atoms with Gasteiger partial charge in [-0.3, -0.25) is 0 Å². The van der Waals surface area contributed by atoms with Crippen LogP contribution in [0, 0.1) is 0 Å². The van der Waals surface area contributed by atoms with E-state index in [-0.39, 0.29) is 6.10 Å². The molecule has 17 heavy (non-hydrogen) atoms. The number of rotatable bonds is 3. The lowest BCUT2D eigenvalue weighted by atomic mass is 10.1. The van der Waals surface area contributed by atoms with Crippen molar-refractivity contribution in [2.75, 3.05) is 36.1 Å². The first-order valence-corrected chi connectivity index (χ1v) is 6.08. The number of pyridine rings is 1. The maximum atomic E-state index is 5.95. The molecule has 1 unspecified atom stereocenters. The van der Waals surface area contributed by atoms with Crippen molar-refractivity contribution in [3.8, 4) is 0 Å². The highest BCUT2D eigenvalue weighted by molar-refractivity contribution is 5.67. The summed E-state index contributed by atoms with van der Waals surface area (Å²) in [5.74, 6) is 0.823. The molecule has 2 heterocycles. The third kappa shape index (κ3) is 2.79. The molecule has 5 nitrogen and oxygen atoms in total. The predicted octanol–water partition coefficient (Wildman–Crippen LogP) is 1.25. The van der Waals surface area contributed by atoms with Gasteiger partial charge < -0.3 is 21.1 Å². The van der Waals surface area contributed by atoms with Crippen LogP contribution in [0.25, 0.3) is 0 Å². The van der Waals surface area contributed by atoms with Crippen LogP contribution in [0.3, 0.4) is 0 Å². The second kappa shape index (κ2) is 5.23. The van der Waals surface area contributed by atoms with Gasteiger partial charge in [0.1, 0.15) is 0 Å². The van der Waals surface area contributed by atoms with Crippen molar-refractivity contribution in [3.63, 3.8) is 0 Å². The summed E-state index contributed by atoms with van der Waals surface area (Å²) in [5, 5.41) is 0. The van der Waals surface area contributed by atoms with Crippen molar-refractivity contribution < 1.29 is 4.74 Å². The van der Waals surface area contributed by atoms with Gasteiger partial charge in [0.2, 0.25) is 0 Å². The zero-order valence-electron chi connectivity index (χ0n) is 10.2. The maximum Gasteiger partial charge on any atom is 0.152 e. The van der Waals surface area contributed by atoms with Gasteiger partial charge in [0.25, 0.3) is 0 Å². The Hall–Kier alpha value is -1.49. The normalized spacial score (nSPS) is 20.5. The molecule has 1 aliphatic heterocycles. The van der Waals surface area contributed by atoms with E-state index in [0.717, 1.165) is 38.4 Å². The number of aromatic nitrogens is 1. The number of hydrogen-bond acceptors (Lipinski definition) is 5. The summed E-state index contributed by atoms with van der Waals surface area (Å²) >= 11 is 0. The van der Waals surface area contributed by atoms with Crippen LogP contribution in [-0.2, 0) is 4.74 Å². The molecule has 0 spiro atoms. The molecule has 4 N–H and O–H groups in total. The Balaban J connectivity index is 2.10. The molecule has 1 fully saturated rings. The third-order valence-electron chi connectivity index (χ3n) is 2.97. The molecule has 0 amide bonds. The predicted molar refractivity (Wildman–Crippen MR) is 69.9 cm³/mol. The summed E-state index contributed by atoms with van der Waals surface area (Å²) in [4.78, 5) is 6.50. The molecular weight excluding hydrogens is 216 g/mol. The molecule has 1 aliphatic rings. The van der Waals surface area contributed by atoms with E-state index < -0.39 is 0 Å². The quantitative estimate of drug-likeness (QED) is 0.826. The second-order valence-corrected chi connectivity index (χ2v) is 4.41. The summed E-state index contributed by atoms with van der Waals surface area (Å²) in [6, 6.07) is 1.76. The highest BCUT2D eigenvalue weighted by Gasteiger charge is 2.22. The van der Waals surface area contributed by atoms with Gasteiger partial charge in [-0.05, 0) is 12.5 Å². The SMILES string of the molecule is CCCC1CN(c2ncc(N)cc2N)CCO1. The van der Waals surface area contributed by atoms with Crippen molar-refractivity contribution in [1.82, 2.24) is 4.98 Å². The highest BCUT2D eigenvalue weighted by Crippen LogP contribution is 2.24. The zero-order chi connectivity index (χ0) is 12.3. The van der Waals surface area contributed by atoms with E-state index >= 15 is 0 Å². The average Bonchev–Trinajstić information content (AvgIpc) is 2.29. The van der Waals surface area contributed by atoms with E-state index in [1.807, 2.05) is 0 Å². The van der Waals surface area contributed by atoms with Crippen LogP contribution >= 0.6 is 0 Å². The summed E-state index contributed by atoms with van der Waals surface area (Å²) in [5.41, 5.74) is 12.8. The topological polar surface area (TPSA) is 77.4 Å². The van der Waals surface area contributed by atoms with Crippen molar-refractivity contribution in [2.24, 2.45) is 0 Å². The Morgan fingerprint density at radius 1 is 1.53 bits per heavy atom. The second-order valence-electron chi connectivity index (χ2n) is 4.41. The smallest absolute Gasteiger partial charge is 0.152 e. The molecule has 1 saturated heterocycles. The average molecular weight is 236 g/mol. The molecular formula is C12H20N4O. The van der Waals surface area contributed by atoms with Gasteiger partial charge in [0.15, 0.2) is 5.82 Å². The molecule has 0 aromatic carbocycles. The van der Waals surface area contributed by atoms with Crippen LogP contribution in [0.2, 0.25) is 0 Å². The van der Waals surface area contributed by atoms with E-state index in [2.05, 4.69) is 16.8 Å². The Bertz CT molecular complexity index is 381. The van der Waals surface area contributed by atoms with Crippen molar-refractivity contribution >= 4 is 17.2 Å². The number of hydrogen-bond donors (Lipinski definition) is 2. The van der Waals surface area contributed by atoms with Crippen LogP contribution in [0.1, 0.15) is 19.8 Å². The Morgan fingerprint density at radius 2 is 2.35 bits per heavy atom. The first kappa shape index (κ1) is 12.0. The number of nitrogen functional groups attached to an aromatic ring is 2. The minimum Gasteiger partial charge on any atom is -0.397 e. The van der Waals surface area contributed by atoms with Crippen LogP contribution in [0.15, 0.2) is 12.3 Å². The van der Waals surface area contributed by atoms with Crippen LogP contribution in [0.5, 0.6) is 0 Å². The minimum atomic E-state index is 0.285. The monoisotopic (exact) mass is 236 g/mol. The lowest BCUT2D eigenvalue weighted by molar-refractivity contribution is 0.0346. The van der Waals surface area contributed by atoms with E-state index in [1.54, 1.807) is 12.3 Å². The van der Waals surface area contributed by atoms with Gasteiger partial charge in [0, 0.05) is 13.1 Å². The van der Waals surface area contributed by atoms with E-state index in [4.69, 9.17) is 16.2 Å². The first-order valence-electron chi connectivity index (χ1n) is 6.08. The van der Waals surface area contributed by atoms with Crippen molar-refractivity contribution in [2.45, 2.75) is 25.9 Å². The largest absolute Gasteiger partial charge is 0.397 e. The number of anilines is 3. The molecule has 5 heteroatoms. The van der Waals surface area contributed by atoms with Gasteiger partial charge in [-0.15, -0.1) is 0 Å². The van der Waals surface area contributed by atoms with E-state index in [0.29, 0.717) is 11.4 Å². The summed E-state index contributed by atoms with van der Waals surface area (Å²) in [6.45, 7) is 4.59. The minimum absolute atomic E-state index is 0.285. The molecule has 0 saturated carbocycles. The fraction of sp³-hybridized carbons (Fsp3) is 0.583. The third-order valence-corrected chi connectivity index (χ3v) is 2.97. The molecule has 2 rings (SSSR count). The standard InChI is InChI=1S/C12H20N4O/c1-2-3-10-8-16(4-5-17-10)12-11(14)6-9(13)7-15-12/h6-7,10H,2-5,8,13-14H2,1H3. The van der Waals surface area contributed by atoms with Gasteiger partial charge in [-0.1, -0.05) is 13.3 Å². The molecule has 1 aromatic rings. The summed E-state index contributed by atoms with van der Waals surface area (Å²) in [7, 11) is 0. The first-order chi connectivity index (χ1) is 8.20. The lowest BCUT2D eigenvalue weighted by Crippen LogP contribution is -2.43. The van der Waals surface area contributed by atoms with Crippen LogP contribution in [0.4, 0.5) is 17.2 Å². The zero-order valence-corrected chi connectivity index (χ0v) is 10.2. The van der Waals surface area contributed by atoms with Crippen LogP contribution in [-0.4, -0.2) is 30.8 Å². The fourth-order valence-electron chi connectivity index (χ4n) is 2.16. The molecule has 0 aliphatic carbocycles. The molecule has 94 valence electrons. The highest BCUT2D eigenvalue weighted by atomic mass is 16.5. The number of nitrogens with zero attached hydrogens (tertiary/aromatic N) is 2. The van der Waals surface area contributed by atoms with Gasteiger partial charge >= 0.3 is 0 Å². The lowest BCUT2D eigenvalue weighted by Gasteiger charge is -2.34. The number of nitrogens with two attached hydrogens (primary N) is 2. The maximum absolute atomic E-state index is 5.95. The van der Waals surface area contributed by atoms with Crippen LogP contribution < -0.4 is 16.4 Å². The molecule has 1 aromatic heterocycles. The fourth-order valence-corrected chi connectivity index (χ4v) is 2.16. The van der Waals surface area contributed by atoms with Crippen molar-refractivity contribution in [3.05, 3.63) is 12.3 Å². The number of ether oxygens (including phenoxy) is 1. The summed E-state index contributed by atoms with van der Waals surface area (Å²) in [6.07, 6.45) is 4.14.